The Balaban J connectivity index is 1.81. The predicted octanol–water partition coefficient (Wildman–Crippen LogP) is 2.96. The van der Waals surface area contributed by atoms with Crippen molar-refractivity contribution < 1.29 is 5.11 Å². The molecule has 1 atom stereocenters. The van der Waals surface area contributed by atoms with E-state index >= 15 is 0 Å². The van der Waals surface area contributed by atoms with Crippen LogP contribution in [0.15, 0.2) is 48.5 Å². The van der Waals surface area contributed by atoms with Crippen LogP contribution in [0, 0.1) is 6.92 Å². The van der Waals surface area contributed by atoms with Crippen LogP contribution in [0.1, 0.15) is 17.5 Å². The standard InChI is InChI=1S/C19H21N3O/c1-14-6-2-3-7-15(14)12-22-18-9-5-4-8-17(18)20-19(22)21-11-10-16(23)13-21/h2-9,16,23H,10-13H2,1H3/t16-/m1/s1. The number of fused-ring (bicyclic) bond motifs is 1. The minimum atomic E-state index is -0.248. The summed E-state index contributed by atoms with van der Waals surface area (Å²) in [7, 11) is 0. The summed E-state index contributed by atoms with van der Waals surface area (Å²) in [6, 6.07) is 16.7. The summed E-state index contributed by atoms with van der Waals surface area (Å²) in [5.74, 6) is 0.964. The molecule has 23 heavy (non-hydrogen) atoms. The van der Waals surface area contributed by atoms with Crippen molar-refractivity contribution in [1.82, 2.24) is 9.55 Å². The highest BCUT2D eigenvalue weighted by atomic mass is 16.3. The predicted molar refractivity (Wildman–Crippen MR) is 92.9 cm³/mol. The molecule has 4 heteroatoms. The third kappa shape index (κ3) is 2.59. The van der Waals surface area contributed by atoms with Gasteiger partial charge in [0, 0.05) is 13.1 Å². The number of aromatic nitrogens is 2. The largest absolute Gasteiger partial charge is 0.391 e. The van der Waals surface area contributed by atoms with Gasteiger partial charge in [0.25, 0.3) is 0 Å². The maximum atomic E-state index is 9.88. The van der Waals surface area contributed by atoms with Crippen LogP contribution in [0.4, 0.5) is 5.95 Å². The number of benzene rings is 2. The summed E-state index contributed by atoms with van der Waals surface area (Å²) >= 11 is 0. The van der Waals surface area contributed by atoms with Crippen LogP contribution >= 0.6 is 0 Å². The van der Waals surface area contributed by atoms with Crippen molar-refractivity contribution in [2.45, 2.75) is 26.0 Å². The maximum absolute atomic E-state index is 9.88. The van der Waals surface area contributed by atoms with Crippen molar-refractivity contribution in [2.24, 2.45) is 0 Å². The molecule has 1 aliphatic rings. The smallest absolute Gasteiger partial charge is 0.206 e. The van der Waals surface area contributed by atoms with Crippen molar-refractivity contribution in [3.63, 3.8) is 0 Å². The molecule has 0 amide bonds. The summed E-state index contributed by atoms with van der Waals surface area (Å²) in [5, 5.41) is 9.88. The van der Waals surface area contributed by atoms with Crippen LogP contribution in [0.2, 0.25) is 0 Å². The van der Waals surface area contributed by atoms with Crippen LogP contribution < -0.4 is 4.90 Å². The fourth-order valence-corrected chi connectivity index (χ4v) is 3.34. The average Bonchev–Trinajstić information content (AvgIpc) is 3.14. The molecule has 1 aliphatic heterocycles. The summed E-state index contributed by atoms with van der Waals surface area (Å²) in [4.78, 5) is 7.03. The van der Waals surface area contributed by atoms with E-state index in [1.54, 1.807) is 0 Å². The highest BCUT2D eigenvalue weighted by molar-refractivity contribution is 5.79. The Morgan fingerprint density at radius 2 is 1.91 bits per heavy atom. The molecule has 2 heterocycles. The van der Waals surface area contributed by atoms with E-state index in [9.17, 15) is 5.11 Å². The van der Waals surface area contributed by atoms with Gasteiger partial charge in [-0.05, 0) is 36.6 Å². The normalized spacial score (nSPS) is 18.0. The van der Waals surface area contributed by atoms with Crippen LogP contribution in [0.25, 0.3) is 11.0 Å². The molecule has 1 N–H and O–H groups in total. The van der Waals surface area contributed by atoms with Gasteiger partial charge in [0.15, 0.2) is 0 Å². The van der Waals surface area contributed by atoms with E-state index in [0.29, 0.717) is 6.54 Å². The molecular formula is C19H21N3O. The van der Waals surface area contributed by atoms with E-state index in [2.05, 4.69) is 58.9 Å². The molecule has 1 fully saturated rings. The van der Waals surface area contributed by atoms with Crippen molar-refractivity contribution in [3.05, 3.63) is 59.7 Å². The number of imidazole rings is 1. The second kappa shape index (κ2) is 5.70. The van der Waals surface area contributed by atoms with Gasteiger partial charge in [-0.1, -0.05) is 36.4 Å². The lowest BCUT2D eigenvalue weighted by molar-refractivity contribution is 0.198. The number of rotatable bonds is 3. The quantitative estimate of drug-likeness (QED) is 0.809. The Hall–Kier alpha value is -2.33. The summed E-state index contributed by atoms with van der Waals surface area (Å²) in [6.45, 7) is 4.47. The number of hydrogen-bond donors (Lipinski definition) is 1. The Morgan fingerprint density at radius 1 is 1.13 bits per heavy atom. The van der Waals surface area contributed by atoms with E-state index in [4.69, 9.17) is 4.98 Å². The molecular weight excluding hydrogens is 286 g/mol. The topological polar surface area (TPSA) is 41.3 Å². The molecule has 0 saturated carbocycles. The Kier molecular flexibility index (Phi) is 3.54. The number of hydrogen-bond acceptors (Lipinski definition) is 3. The SMILES string of the molecule is Cc1ccccc1Cn1c(N2CC[C@@H](O)C2)nc2ccccc21. The first-order valence-electron chi connectivity index (χ1n) is 8.15. The lowest BCUT2D eigenvalue weighted by Gasteiger charge is -2.19. The maximum Gasteiger partial charge on any atom is 0.206 e. The number of aryl methyl sites for hydroxylation is 1. The van der Waals surface area contributed by atoms with Gasteiger partial charge in [-0.15, -0.1) is 0 Å². The highest BCUT2D eigenvalue weighted by Crippen LogP contribution is 2.27. The van der Waals surface area contributed by atoms with Crippen LogP contribution in [0.3, 0.4) is 0 Å². The molecule has 0 unspecified atom stereocenters. The third-order valence-electron chi connectivity index (χ3n) is 4.67. The van der Waals surface area contributed by atoms with Gasteiger partial charge in [-0.3, -0.25) is 0 Å². The molecule has 0 spiro atoms. The minimum Gasteiger partial charge on any atom is -0.391 e. The van der Waals surface area contributed by atoms with Gasteiger partial charge in [0.1, 0.15) is 0 Å². The number of nitrogens with zero attached hydrogens (tertiary/aromatic N) is 3. The number of aliphatic hydroxyl groups excluding tert-OH is 1. The fourth-order valence-electron chi connectivity index (χ4n) is 3.34. The van der Waals surface area contributed by atoms with Crippen molar-refractivity contribution in [1.29, 1.82) is 0 Å². The van der Waals surface area contributed by atoms with Gasteiger partial charge in [-0.25, -0.2) is 4.98 Å². The summed E-state index contributed by atoms with van der Waals surface area (Å²) in [6.07, 6.45) is 0.565. The zero-order valence-corrected chi connectivity index (χ0v) is 13.3. The van der Waals surface area contributed by atoms with E-state index in [1.807, 2.05) is 6.07 Å². The first-order chi connectivity index (χ1) is 11.2. The lowest BCUT2D eigenvalue weighted by Crippen LogP contribution is -2.25. The average molecular weight is 307 g/mol. The van der Waals surface area contributed by atoms with E-state index < -0.39 is 0 Å². The van der Waals surface area contributed by atoms with E-state index in [0.717, 1.165) is 36.5 Å². The molecule has 4 rings (SSSR count). The van der Waals surface area contributed by atoms with Gasteiger partial charge >= 0.3 is 0 Å². The zero-order valence-electron chi connectivity index (χ0n) is 13.3. The zero-order chi connectivity index (χ0) is 15.8. The minimum absolute atomic E-state index is 0.248. The molecule has 1 aromatic heterocycles. The third-order valence-corrected chi connectivity index (χ3v) is 4.67. The molecule has 0 radical (unpaired) electrons. The van der Waals surface area contributed by atoms with E-state index in [1.165, 1.54) is 11.1 Å². The van der Waals surface area contributed by atoms with Crippen LogP contribution in [0.5, 0.6) is 0 Å². The second-order valence-corrected chi connectivity index (χ2v) is 6.30. The molecule has 0 bridgehead atoms. The number of β-amino-alcohol motifs (C(OH)–C–C–N with tert-alkyl or cyclic N) is 1. The molecule has 118 valence electrons. The first kappa shape index (κ1) is 14.3. The molecule has 2 aromatic carbocycles. The van der Waals surface area contributed by atoms with Crippen molar-refractivity contribution in [2.75, 3.05) is 18.0 Å². The Labute approximate surface area is 136 Å². The van der Waals surface area contributed by atoms with Crippen LogP contribution in [-0.2, 0) is 6.54 Å². The molecule has 4 nitrogen and oxygen atoms in total. The van der Waals surface area contributed by atoms with Crippen molar-refractivity contribution >= 4 is 17.0 Å². The van der Waals surface area contributed by atoms with Gasteiger partial charge in [0.2, 0.25) is 5.95 Å². The molecule has 0 aliphatic carbocycles. The number of aliphatic hydroxyl groups is 1. The monoisotopic (exact) mass is 307 g/mol. The lowest BCUT2D eigenvalue weighted by atomic mass is 10.1. The summed E-state index contributed by atoms with van der Waals surface area (Å²) < 4.78 is 2.27. The van der Waals surface area contributed by atoms with Crippen LogP contribution in [-0.4, -0.2) is 33.9 Å². The van der Waals surface area contributed by atoms with Crippen molar-refractivity contribution in [3.8, 4) is 0 Å². The number of anilines is 1. The Morgan fingerprint density at radius 3 is 2.70 bits per heavy atom. The first-order valence-corrected chi connectivity index (χ1v) is 8.15. The second-order valence-electron chi connectivity index (χ2n) is 6.30. The van der Waals surface area contributed by atoms with Gasteiger partial charge in [0.05, 0.1) is 23.7 Å². The van der Waals surface area contributed by atoms with Gasteiger partial charge < -0.3 is 14.6 Å². The Bertz CT molecular complexity index is 840. The molecule has 3 aromatic rings. The molecule has 1 saturated heterocycles. The van der Waals surface area contributed by atoms with E-state index in [-0.39, 0.29) is 6.10 Å². The number of para-hydroxylation sites is 2. The highest BCUT2D eigenvalue weighted by Gasteiger charge is 2.25. The fraction of sp³-hybridized carbons (Fsp3) is 0.316. The summed E-state index contributed by atoms with van der Waals surface area (Å²) in [5.41, 5.74) is 4.75. The van der Waals surface area contributed by atoms with Gasteiger partial charge in [-0.2, -0.15) is 0 Å².